The fraction of sp³-hybridized carbons (Fsp3) is 0.524. The molecule has 1 N–H and O–H groups in total. The number of hydrogen-bond acceptors (Lipinski definition) is 5. The minimum absolute atomic E-state index is 0.305. The first kappa shape index (κ1) is 16.7. The van der Waals surface area contributed by atoms with Gasteiger partial charge in [-0.15, -0.1) is 0 Å². The Bertz CT molecular complexity index is 824. The molecule has 2 aliphatic carbocycles. The van der Waals surface area contributed by atoms with E-state index < -0.39 is 0 Å². The van der Waals surface area contributed by atoms with Crippen LogP contribution in [0.5, 0.6) is 0 Å². The maximum Gasteiger partial charge on any atom is 0.225 e. The Morgan fingerprint density at radius 2 is 1.85 bits per heavy atom. The van der Waals surface area contributed by atoms with Crippen molar-refractivity contribution in [1.82, 2.24) is 19.9 Å². The Morgan fingerprint density at radius 1 is 1.04 bits per heavy atom. The lowest BCUT2D eigenvalue weighted by molar-refractivity contribution is -0.133. The van der Waals surface area contributed by atoms with Crippen molar-refractivity contribution >= 4 is 11.9 Å². The molecule has 1 amide bonds. The van der Waals surface area contributed by atoms with E-state index in [1.54, 1.807) is 0 Å². The van der Waals surface area contributed by atoms with Crippen LogP contribution in [0, 0.1) is 5.92 Å². The summed E-state index contributed by atoms with van der Waals surface area (Å²) >= 11 is 0. The van der Waals surface area contributed by atoms with Gasteiger partial charge in [-0.2, -0.15) is 0 Å². The molecule has 2 saturated carbocycles. The average Bonchev–Trinajstić information content (AvgIpc) is 3.63. The molecule has 1 saturated heterocycles. The van der Waals surface area contributed by atoms with Gasteiger partial charge in [-0.1, -0.05) is 6.07 Å². The number of anilines is 1. The lowest BCUT2D eigenvalue weighted by Gasteiger charge is -2.32. The van der Waals surface area contributed by atoms with Gasteiger partial charge in [-0.05, 0) is 50.7 Å². The topological polar surface area (TPSA) is 71.0 Å². The van der Waals surface area contributed by atoms with Gasteiger partial charge in [0.2, 0.25) is 11.9 Å². The third kappa shape index (κ3) is 3.66. The molecule has 140 valence electrons. The summed E-state index contributed by atoms with van der Waals surface area (Å²) in [6, 6.07) is 6.47. The zero-order chi connectivity index (χ0) is 18.2. The molecule has 6 nitrogen and oxygen atoms in total. The molecular formula is C21H25N5O. The third-order valence-electron chi connectivity index (χ3n) is 5.79. The number of carbonyl (C=O) groups is 1. The quantitative estimate of drug-likeness (QED) is 0.883. The predicted octanol–water partition coefficient (Wildman–Crippen LogP) is 3.23. The molecule has 3 fully saturated rings. The zero-order valence-corrected chi connectivity index (χ0v) is 15.5. The van der Waals surface area contributed by atoms with Gasteiger partial charge in [0, 0.05) is 48.9 Å². The monoisotopic (exact) mass is 363 g/mol. The Hall–Kier alpha value is -2.50. The molecule has 27 heavy (non-hydrogen) atoms. The Morgan fingerprint density at radius 3 is 2.52 bits per heavy atom. The van der Waals surface area contributed by atoms with Crippen molar-refractivity contribution in [2.24, 2.45) is 5.92 Å². The molecule has 3 heterocycles. The number of likely N-dealkylation sites (tertiary alicyclic amines) is 1. The van der Waals surface area contributed by atoms with E-state index in [9.17, 15) is 4.79 Å². The fourth-order valence-corrected chi connectivity index (χ4v) is 3.87. The van der Waals surface area contributed by atoms with E-state index in [1.807, 2.05) is 30.6 Å². The van der Waals surface area contributed by atoms with Crippen LogP contribution in [0.4, 0.5) is 5.95 Å². The van der Waals surface area contributed by atoms with Crippen LogP contribution in [0.2, 0.25) is 0 Å². The van der Waals surface area contributed by atoms with E-state index >= 15 is 0 Å². The zero-order valence-electron chi connectivity index (χ0n) is 15.5. The minimum Gasteiger partial charge on any atom is -0.351 e. The second-order valence-electron chi connectivity index (χ2n) is 8.00. The first-order valence-electron chi connectivity index (χ1n) is 10.1. The van der Waals surface area contributed by atoms with E-state index in [0.29, 0.717) is 23.8 Å². The number of nitrogens with zero attached hydrogens (tertiary/aromatic N) is 4. The highest BCUT2D eigenvalue weighted by Crippen LogP contribution is 2.37. The molecule has 0 aromatic carbocycles. The molecule has 1 aliphatic heterocycles. The van der Waals surface area contributed by atoms with Gasteiger partial charge in [0.1, 0.15) is 0 Å². The number of rotatable bonds is 5. The van der Waals surface area contributed by atoms with Crippen LogP contribution in [0.1, 0.15) is 50.1 Å². The van der Waals surface area contributed by atoms with Crippen LogP contribution < -0.4 is 5.32 Å². The summed E-state index contributed by atoms with van der Waals surface area (Å²) in [4.78, 5) is 28.4. The van der Waals surface area contributed by atoms with Gasteiger partial charge in [0.25, 0.3) is 0 Å². The molecule has 0 spiro atoms. The molecule has 0 radical (unpaired) electrons. The van der Waals surface area contributed by atoms with Crippen LogP contribution in [-0.4, -0.2) is 44.9 Å². The van der Waals surface area contributed by atoms with Gasteiger partial charge in [0.05, 0.1) is 11.4 Å². The van der Waals surface area contributed by atoms with Crippen LogP contribution in [-0.2, 0) is 4.79 Å². The summed E-state index contributed by atoms with van der Waals surface area (Å²) in [7, 11) is 0. The Labute approximate surface area is 159 Å². The minimum atomic E-state index is 0.305. The SMILES string of the molecule is O=C(C1CC1)N1CCC(c2nc(NC3CC3)ncc2-c2ccccn2)CC1. The molecule has 0 unspecified atom stereocenters. The van der Waals surface area contributed by atoms with Gasteiger partial charge >= 0.3 is 0 Å². The van der Waals surface area contributed by atoms with E-state index in [-0.39, 0.29) is 0 Å². The lowest BCUT2D eigenvalue weighted by Crippen LogP contribution is -2.39. The van der Waals surface area contributed by atoms with Crippen molar-refractivity contribution in [2.75, 3.05) is 18.4 Å². The number of hydrogen-bond donors (Lipinski definition) is 1. The molecule has 2 aromatic rings. The van der Waals surface area contributed by atoms with Crippen molar-refractivity contribution in [3.05, 3.63) is 36.3 Å². The molecule has 3 aliphatic rings. The molecule has 6 heteroatoms. The number of nitrogens with one attached hydrogen (secondary N) is 1. The molecule has 2 aromatic heterocycles. The third-order valence-corrected chi connectivity index (χ3v) is 5.79. The fourth-order valence-electron chi connectivity index (χ4n) is 3.87. The van der Waals surface area contributed by atoms with E-state index in [0.717, 1.165) is 61.7 Å². The van der Waals surface area contributed by atoms with Crippen LogP contribution in [0.25, 0.3) is 11.3 Å². The highest BCUT2D eigenvalue weighted by molar-refractivity contribution is 5.81. The average molecular weight is 363 g/mol. The number of carbonyl (C=O) groups excluding carboxylic acids is 1. The normalized spacial score (nSPS) is 20.5. The maximum atomic E-state index is 12.4. The Balaban J connectivity index is 1.39. The summed E-state index contributed by atoms with van der Waals surface area (Å²) in [5, 5.41) is 3.42. The smallest absolute Gasteiger partial charge is 0.225 e. The Kier molecular flexibility index (Phi) is 4.26. The van der Waals surface area contributed by atoms with Gasteiger partial charge in [-0.3, -0.25) is 9.78 Å². The highest BCUT2D eigenvalue weighted by Gasteiger charge is 2.36. The van der Waals surface area contributed by atoms with Crippen LogP contribution >= 0.6 is 0 Å². The van der Waals surface area contributed by atoms with E-state index in [2.05, 4.69) is 20.2 Å². The van der Waals surface area contributed by atoms with Gasteiger partial charge in [0.15, 0.2) is 0 Å². The molecule has 0 bridgehead atoms. The number of aromatic nitrogens is 3. The maximum absolute atomic E-state index is 12.4. The standard InChI is InChI=1S/C21H25N5O/c27-20(15-4-5-15)26-11-8-14(9-12-26)19-17(18-3-1-2-10-22-18)13-23-21(25-19)24-16-6-7-16/h1-3,10,13-16H,4-9,11-12H2,(H,23,24,25). The predicted molar refractivity (Wildman–Crippen MR) is 103 cm³/mol. The van der Waals surface area contributed by atoms with Crippen molar-refractivity contribution in [3.63, 3.8) is 0 Å². The molecule has 0 atom stereocenters. The van der Waals surface area contributed by atoms with Crippen molar-refractivity contribution in [3.8, 4) is 11.3 Å². The summed E-state index contributed by atoms with van der Waals surface area (Å²) in [5.41, 5.74) is 3.01. The second kappa shape index (κ2) is 6.91. The number of amides is 1. The summed E-state index contributed by atoms with van der Waals surface area (Å²) in [5.74, 6) is 1.73. The van der Waals surface area contributed by atoms with E-state index in [1.165, 1.54) is 12.8 Å². The molecule has 5 rings (SSSR count). The first-order chi connectivity index (χ1) is 13.3. The van der Waals surface area contributed by atoms with Crippen molar-refractivity contribution < 1.29 is 4.79 Å². The first-order valence-corrected chi connectivity index (χ1v) is 10.1. The number of pyridine rings is 1. The van der Waals surface area contributed by atoms with E-state index in [4.69, 9.17) is 4.98 Å². The van der Waals surface area contributed by atoms with Crippen molar-refractivity contribution in [2.45, 2.75) is 50.5 Å². The summed E-state index contributed by atoms with van der Waals surface area (Å²) in [6.45, 7) is 1.66. The van der Waals surface area contributed by atoms with Crippen LogP contribution in [0.15, 0.2) is 30.6 Å². The highest BCUT2D eigenvalue weighted by atomic mass is 16.2. The molecular weight excluding hydrogens is 338 g/mol. The number of piperidine rings is 1. The largest absolute Gasteiger partial charge is 0.351 e. The lowest BCUT2D eigenvalue weighted by atomic mass is 9.89. The second-order valence-corrected chi connectivity index (χ2v) is 8.00. The van der Waals surface area contributed by atoms with Gasteiger partial charge < -0.3 is 10.2 Å². The van der Waals surface area contributed by atoms with Crippen molar-refractivity contribution in [1.29, 1.82) is 0 Å². The van der Waals surface area contributed by atoms with Gasteiger partial charge in [-0.25, -0.2) is 9.97 Å². The summed E-state index contributed by atoms with van der Waals surface area (Å²) < 4.78 is 0. The summed E-state index contributed by atoms with van der Waals surface area (Å²) in [6.07, 6.45) is 10.2. The van der Waals surface area contributed by atoms with Crippen LogP contribution in [0.3, 0.4) is 0 Å².